The first-order chi connectivity index (χ1) is 10.9. The number of carbonyl (C=O) groups excluding carboxylic acids is 2. The lowest BCUT2D eigenvalue weighted by atomic mass is 10.2. The Hall–Kier alpha value is -2.00. The molecule has 0 aliphatic carbocycles. The molecule has 1 N–H and O–H groups in total. The normalized spacial score (nSPS) is 16.1. The third kappa shape index (κ3) is 3.67. The Labute approximate surface area is 144 Å². The van der Waals surface area contributed by atoms with E-state index in [2.05, 4.69) is 15.9 Å². The average Bonchev–Trinajstić information content (AvgIpc) is 2.73. The van der Waals surface area contributed by atoms with Gasteiger partial charge in [-0.3, -0.25) is 19.3 Å². The molecule has 1 aliphatic heterocycles. The zero-order valence-corrected chi connectivity index (χ0v) is 14.6. The molecule has 0 bridgehead atoms. The minimum atomic E-state index is -1.25. The summed E-state index contributed by atoms with van der Waals surface area (Å²) in [6.07, 6.45) is 1.50. The second kappa shape index (κ2) is 7.05. The molecule has 0 unspecified atom stereocenters. The molecular weight excluding hydrogens is 390 g/mol. The Morgan fingerprint density at radius 1 is 1.35 bits per heavy atom. The number of benzene rings is 1. The first kappa shape index (κ1) is 17.4. The van der Waals surface area contributed by atoms with Crippen LogP contribution in [0.4, 0.5) is 4.79 Å². The molecule has 2 rings (SSSR count). The summed E-state index contributed by atoms with van der Waals surface area (Å²) in [5.41, 5.74) is 0.607. The second-order valence-electron chi connectivity index (χ2n) is 4.40. The van der Waals surface area contributed by atoms with E-state index in [1.165, 1.54) is 20.3 Å². The highest BCUT2D eigenvalue weighted by molar-refractivity contribution is 9.10. The summed E-state index contributed by atoms with van der Waals surface area (Å²) in [4.78, 5) is 35.4. The Morgan fingerprint density at radius 3 is 2.61 bits per heavy atom. The Balaban J connectivity index is 2.36. The lowest BCUT2D eigenvalue weighted by Gasteiger charge is -2.10. The van der Waals surface area contributed by atoms with Crippen molar-refractivity contribution >= 4 is 50.9 Å². The van der Waals surface area contributed by atoms with Crippen LogP contribution in [0.5, 0.6) is 11.5 Å². The third-order valence-electron chi connectivity index (χ3n) is 2.92. The molecule has 122 valence electrons. The van der Waals surface area contributed by atoms with Crippen LogP contribution in [0.2, 0.25) is 0 Å². The van der Waals surface area contributed by atoms with Gasteiger partial charge < -0.3 is 14.6 Å². The van der Waals surface area contributed by atoms with Gasteiger partial charge in [-0.2, -0.15) is 0 Å². The number of rotatable bonds is 5. The van der Waals surface area contributed by atoms with Gasteiger partial charge in [-0.25, -0.2) is 0 Å². The summed E-state index contributed by atoms with van der Waals surface area (Å²) in [5.74, 6) is -0.919. The summed E-state index contributed by atoms with van der Waals surface area (Å²) < 4.78 is 11.0. The van der Waals surface area contributed by atoms with E-state index in [0.717, 1.165) is 0 Å². The van der Waals surface area contributed by atoms with Crippen molar-refractivity contribution in [1.82, 2.24) is 4.90 Å². The Morgan fingerprint density at radius 2 is 2.04 bits per heavy atom. The van der Waals surface area contributed by atoms with Crippen molar-refractivity contribution in [2.75, 3.05) is 20.8 Å². The van der Waals surface area contributed by atoms with E-state index >= 15 is 0 Å². The standard InChI is InChI=1S/C14H12BrNO6S/c1-21-9-4-7(3-8(15)12(9)22-2)5-10-13(19)16(6-11(17)18)14(20)23-10/h3-5H,6H2,1-2H3,(H,17,18)/b10-5-. The number of carboxylic acid groups (broad SMARTS) is 1. The maximum Gasteiger partial charge on any atom is 0.323 e. The monoisotopic (exact) mass is 401 g/mol. The molecule has 1 aliphatic rings. The lowest BCUT2D eigenvalue weighted by molar-refractivity contribution is -0.140. The molecule has 2 amide bonds. The summed E-state index contributed by atoms with van der Waals surface area (Å²) >= 11 is 4.03. The van der Waals surface area contributed by atoms with Gasteiger partial charge in [0.25, 0.3) is 11.1 Å². The van der Waals surface area contributed by atoms with Crippen molar-refractivity contribution in [1.29, 1.82) is 0 Å². The fourth-order valence-corrected chi connectivity index (χ4v) is 3.40. The van der Waals surface area contributed by atoms with Crippen LogP contribution in [0.1, 0.15) is 5.56 Å². The van der Waals surface area contributed by atoms with Crippen LogP contribution < -0.4 is 9.47 Å². The van der Waals surface area contributed by atoms with Crippen LogP contribution in [-0.2, 0) is 9.59 Å². The predicted molar refractivity (Wildman–Crippen MR) is 87.6 cm³/mol. The summed E-state index contributed by atoms with van der Waals surface area (Å²) in [6, 6.07) is 3.35. The van der Waals surface area contributed by atoms with Gasteiger partial charge in [0, 0.05) is 0 Å². The summed E-state index contributed by atoms with van der Waals surface area (Å²) in [6.45, 7) is -0.655. The number of ether oxygens (including phenoxy) is 2. The van der Waals surface area contributed by atoms with E-state index in [-0.39, 0.29) is 4.91 Å². The zero-order valence-electron chi connectivity index (χ0n) is 12.2. The smallest absolute Gasteiger partial charge is 0.323 e. The van der Waals surface area contributed by atoms with Crippen molar-refractivity contribution < 1.29 is 29.0 Å². The molecule has 0 aromatic heterocycles. The maximum atomic E-state index is 12.1. The Bertz CT molecular complexity index is 717. The molecular formula is C14H12BrNO6S. The molecule has 7 nitrogen and oxygen atoms in total. The molecule has 1 fully saturated rings. The third-order valence-corrected chi connectivity index (χ3v) is 4.42. The van der Waals surface area contributed by atoms with Crippen molar-refractivity contribution in [3.05, 3.63) is 27.1 Å². The van der Waals surface area contributed by atoms with E-state index in [1.54, 1.807) is 12.1 Å². The van der Waals surface area contributed by atoms with Crippen LogP contribution in [0.3, 0.4) is 0 Å². The maximum absolute atomic E-state index is 12.1. The molecule has 0 spiro atoms. The number of methoxy groups -OCH3 is 2. The predicted octanol–water partition coefficient (Wildman–Crippen LogP) is 2.59. The number of carbonyl (C=O) groups is 3. The molecule has 1 saturated heterocycles. The number of halogens is 1. The van der Waals surface area contributed by atoms with Crippen LogP contribution in [0, 0.1) is 0 Å². The second-order valence-corrected chi connectivity index (χ2v) is 6.25. The molecule has 0 saturated carbocycles. The van der Waals surface area contributed by atoms with Crippen molar-refractivity contribution in [2.24, 2.45) is 0 Å². The number of carboxylic acids is 1. The van der Waals surface area contributed by atoms with Gasteiger partial charge in [-0.15, -0.1) is 0 Å². The highest BCUT2D eigenvalue weighted by Crippen LogP contribution is 2.38. The molecule has 9 heteroatoms. The lowest BCUT2D eigenvalue weighted by Crippen LogP contribution is -2.33. The SMILES string of the molecule is COc1cc(/C=C2\SC(=O)N(CC(=O)O)C2=O)cc(Br)c1OC. The van der Waals surface area contributed by atoms with Gasteiger partial charge in [0.1, 0.15) is 6.54 Å². The number of hydrogen-bond acceptors (Lipinski definition) is 6. The van der Waals surface area contributed by atoms with Gasteiger partial charge in [-0.05, 0) is 51.5 Å². The number of nitrogens with zero attached hydrogens (tertiary/aromatic N) is 1. The van der Waals surface area contributed by atoms with E-state index < -0.39 is 23.7 Å². The topological polar surface area (TPSA) is 93.1 Å². The van der Waals surface area contributed by atoms with E-state index in [4.69, 9.17) is 14.6 Å². The summed E-state index contributed by atoms with van der Waals surface area (Å²) in [5, 5.41) is 8.13. The first-order valence-electron chi connectivity index (χ1n) is 6.26. The van der Waals surface area contributed by atoms with E-state index in [9.17, 15) is 14.4 Å². The van der Waals surface area contributed by atoms with Crippen molar-refractivity contribution in [3.8, 4) is 11.5 Å². The molecule has 0 atom stereocenters. The fraction of sp³-hybridized carbons (Fsp3) is 0.214. The number of amides is 2. The number of aliphatic carboxylic acids is 1. The molecule has 1 aromatic carbocycles. The van der Waals surface area contributed by atoms with Gasteiger partial charge in [0.05, 0.1) is 23.6 Å². The fourth-order valence-electron chi connectivity index (χ4n) is 1.94. The quantitative estimate of drug-likeness (QED) is 0.757. The Kier molecular flexibility index (Phi) is 5.32. The van der Waals surface area contributed by atoms with Crippen LogP contribution in [0.25, 0.3) is 6.08 Å². The van der Waals surface area contributed by atoms with Gasteiger partial charge in [-0.1, -0.05) is 0 Å². The van der Waals surface area contributed by atoms with Gasteiger partial charge >= 0.3 is 5.97 Å². The van der Waals surface area contributed by atoms with Crippen LogP contribution in [0.15, 0.2) is 21.5 Å². The minimum absolute atomic E-state index is 0.148. The van der Waals surface area contributed by atoms with Gasteiger partial charge in [0.2, 0.25) is 0 Å². The molecule has 23 heavy (non-hydrogen) atoms. The average molecular weight is 402 g/mol. The number of thioether (sulfide) groups is 1. The number of hydrogen-bond donors (Lipinski definition) is 1. The highest BCUT2D eigenvalue weighted by Gasteiger charge is 2.36. The minimum Gasteiger partial charge on any atom is -0.493 e. The molecule has 0 radical (unpaired) electrons. The van der Waals surface area contributed by atoms with Crippen molar-refractivity contribution in [2.45, 2.75) is 0 Å². The zero-order chi connectivity index (χ0) is 17.1. The van der Waals surface area contributed by atoms with E-state index in [1.807, 2.05) is 0 Å². The van der Waals surface area contributed by atoms with Crippen LogP contribution in [-0.4, -0.2) is 47.9 Å². The van der Waals surface area contributed by atoms with E-state index in [0.29, 0.717) is 38.2 Å². The van der Waals surface area contributed by atoms with Crippen molar-refractivity contribution in [3.63, 3.8) is 0 Å². The summed E-state index contributed by atoms with van der Waals surface area (Å²) in [7, 11) is 2.98. The van der Waals surface area contributed by atoms with Crippen LogP contribution >= 0.6 is 27.7 Å². The first-order valence-corrected chi connectivity index (χ1v) is 7.87. The largest absolute Gasteiger partial charge is 0.493 e. The van der Waals surface area contributed by atoms with Gasteiger partial charge in [0.15, 0.2) is 11.5 Å². The molecule has 1 aromatic rings. The number of imide groups is 1. The highest BCUT2D eigenvalue weighted by atomic mass is 79.9. The molecule has 1 heterocycles.